The fraction of sp³-hybridized carbons (Fsp3) is 0.750. The average Bonchev–Trinajstić information content (AvgIpc) is 2.97. The van der Waals surface area contributed by atoms with Crippen molar-refractivity contribution in [2.45, 2.75) is 25.7 Å². The monoisotopic (exact) mass is 271 g/mol. The topological polar surface area (TPSA) is 46.6 Å². The first-order valence-corrected chi connectivity index (χ1v) is 7.00. The highest BCUT2D eigenvalue weighted by Gasteiger charge is 2.25. The first-order valence-electron chi connectivity index (χ1n) is 6.18. The Morgan fingerprint density at radius 2 is 2.33 bits per heavy atom. The van der Waals surface area contributed by atoms with Crippen LogP contribution in [0.2, 0.25) is 0 Å². The van der Waals surface area contributed by atoms with E-state index in [9.17, 15) is 0 Å². The summed E-state index contributed by atoms with van der Waals surface area (Å²) in [5, 5.41) is 4.27. The summed E-state index contributed by atoms with van der Waals surface area (Å²) >= 11 is 1.75. The van der Waals surface area contributed by atoms with Gasteiger partial charge in [-0.2, -0.15) is 0 Å². The second kappa shape index (κ2) is 6.47. The zero-order chi connectivity index (χ0) is 13.0. The summed E-state index contributed by atoms with van der Waals surface area (Å²) in [6, 6.07) is 0. The van der Waals surface area contributed by atoms with Gasteiger partial charge in [-0.3, -0.25) is 0 Å². The number of hydrogen-bond donors (Lipinski definition) is 1. The molecule has 1 N–H and O–H groups in total. The molecule has 1 aromatic heterocycles. The van der Waals surface area contributed by atoms with Gasteiger partial charge in [0.2, 0.25) is 0 Å². The number of ether oxygens (including phenoxy) is 2. The largest absolute Gasteiger partial charge is 0.380 e. The highest BCUT2D eigenvalue weighted by molar-refractivity contribution is 7.15. The predicted molar refractivity (Wildman–Crippen MR) is 73.2 cm³/mol. The Balaban J connectivity index is 2.11. The average molecular weight is 271 g/mol. The Morgan fingerprint density at radius 1 is 1.50 bits per heavy atom. The first kappa shape index (κ1) is 13.7. The van der Waals surface area contributed by atoms with Crippen molar-refractivity contribution in [1.82, 2.24) is 10.3 Å². The quantitative estimate of drug-likeness (QED) is 0.843. The molecule has 1 unspecified atom stereocenters. The number of methoxy groups -OCH3 is 2. The van der Waals surface area contributed by atoms with Crippen LogP contribution in [0.5, 0.6) is 0 Å². The van der Waals surface area contributed by atoms with Gasteiger partial charge >= 0.3 is 0 Å². The van der Waals surface area contributed by atoms with Crippen LogP contribution < -0.4 is 10.2 Å². The molecule has 102 valence electrons. The lowest BCUT2D eigenvalue weighted by Gasteiger charge is -2.13. The van der Waals surface area contributed by atoms with E-state index in [0.717, 1.165) is 36.9 Å². The van der Waals surface area contributed by atoms with Crippen LogP contribution in [0, 0.1) is 0 Å². The summed E-state index contributed by atoms with van der Waals surface area (Å²) in [5.41, 5.74) is 1.05. The molecule has 0 saturated carbocycles. The molecule has 0 amide bonds. The fourth-order valence-corrected chi connectivity index (χ4v) is 3.26. The van der Waals surface area contributed by atoms with Gasteiger partial charge in [0, 0.05) is 38.7 Å². The van der Waals surface area contributed by atoms with Gasteiger partial charge in [0.05, 0.1) is 18.4 Å². The summed E-state index contributed by atoms with van der Waals surface area (Å²) < 4.78 is 10.6. The third-order valence-corrected chi connectivity index (χ3v) is 4.29. The van der Waals surface area contributed by atoms with Gasteiger partial charge in [0.25, 0.3) is 0 Å². The van der Waals surface area contributed by atoms with E-state index in [1.165, 1.54) is 4.88 Å². The third-order valence-electron chi connectivity index (χ3n) is 3.13. The third kappa shape index (κ3) is 3.00. The number of nitrogens with zero attached hydrogens (tertiary/aromatic N) is 2. The van der Waals surface area contributed by atoms with Gasteiger partial charge in [0.15, 0.2) is 5.13 Å². The molecule has 6 heteroatoms. The fourth-order valence-electron chi connectivity index (χ4n) is 2.15. The van der Waals surface area contributed by atoms with Crippen molar-refractivity contribution < 1.29 is 9.47 Å². The summed E-state index contributed by atoms with van der Waals surface area (Å²) in [6.07, 6.45) is 1.42. The molecule has 2 heterocycles. The Bertz CT molecular complexity index is 360. The van der Waals surface area contributed by atoms with E-state index in [1.54, 1.807) is 25.6 Å². The number of hydrogen-bond acceptors (Lipinski definition) is 6. The first-order chi connectivity index (χ1) is 8.78. The minimum Gasteiger partial charge on any atom is -0.380 e. The maximum absolute atomic E-state index is 5.39. The van der Waals surface area contributed by atoms with Crippen LogP contribution in [-0.2, 0) is 22.6 Å². The number of anilines is 1. The molecule has 1 atom stereocenters. The maximum atomic E-state index is 5.39. The lowest BCUT2D eigenvalue weighted by molar-refractivity contribution is 0.121. The Hall–Kier alpha value is -0.690. The molecule has 1 aromatic rings. The van der Waals surface area contributed by atoms with Gasteiger partial charge in [-0.25, -0.2) is 4.98 Å². The lowest BCUT2D eigenvalue weighted by Crippen LogP contribution is -2.21. The van der Waals surface area contributed by atoms with Gasteiger partial charge in [-0.05, 0) is 13.5 Å². The highest BCUT2D eigenvalue weighted by atomic mass is 32.1. The molecular weight excluding hydrogens is 250 g/mol. The van der Waals surface area contributed by atoms with E-state index in [1.807, 2.05) is 7.05 Å². The van der Waals surface area contributed by atoms with Crippen LogP contribution >= 0.6 is 11.3 Å². The molecule has 1 fully saturated rings. The Labute approximate surface area is 112 Å². The normalized spacial score (nSPS) is 19.7. The maximum Gasteiger partial charge on any atom is 0.186 e. The minimum atomic E-state index is 0.340. The van der Waals surface area contributed by atoms with Crippen LogP contribution in [0.1, 0.15) is 17.0 Å². The van der Waals surface area contributed by atoms with Crippen LogP contribution in [0.15, 0.2) is 0 Å². The molecule has 0 aliphatic carbocycles. The Morgan fingerprint density at radius 3 is 2.94 bits per heavy atom. The van der Waals surface area contributed by atoms with E-state index in [0.29, 0.717) is 12.7 Å². The van der Waals surface area contributed by atoms with E-state index in [-0.39, 0.29) is 0 Å². The molecule has 1 aliphatic heterocycles. The van der Waals surface area contributed by atoms with Crippen molar-refractivity contribution in [3.8, 4) is 0 Å². The second-order valence-corrected chi connectivity index (χ2v) is 5.48. The SMILES string of the molecule is CNCc1sc(N2CCC(OC)C2)nc1COC. The smallest absolute Gasteiger partial charge is 0.186 e. The van der Waals surface area contributed by atoms with E-state index < -0.39 is 0 Å². The number of rotatable bonds is 6. The molecule has 5 nitrogen and oxygen atoms in total. The van der Waals surface area contributed by atoms with Crippen LogP contribution in [0.25, 0.3) is 0 Å². The Kier molecular flexibility index (Phi) is 4.94. The molecule has 0 radical (unpaired) electrons. The van der Waals surface area contributed by atoms with Crippen molar-refractivity contribution in [2.75, 3.05) is 39.3 Å². The van der Waals surface area contributed by atoms with Crippen LogP contribution in [0.3, 0.4) is 0 Å². The number of thiazole rings is 1. The molecule has 2 rings (SSSR count). The van der Waals surface area contributed by atoms with Gasteiger partial charge in [0.1, 0.15) is 0 Å². The summed E-state index contributed by atoms with van der Waals surface area (Å²) in [6.45, 7) is 3.39. The lowest BCUT2D eigenvalue weighted by atomic mass is 10.3. The molecule has 0 bridgehead atoms. The second-order valence-electron chi connectivity index (χ2n) is 4.42. The van der Waals surface area contributed by atoms with Gasteiger partial charge in [-0.15, -0.1) is 11.3 Å². The molecule has 1 aliphatic rings. The van der Waals surface area contributed by atoms with Gasteiger partial charge < -0.3 is 19.7 Å². The van der Waals surface area contributed by atoms with E-state index in [4.69, 9.17) is 14.5 Å². The van der Waals surface area contributed by atoms with Crippen molar-refractivity contribution in [2.24, 2.45) is 0 Å². The zero-order valence-corrected chi connectivity index (χ0v) is 12.0. The van der Waals surface area contributed by atoms with Gasteiger partial charge in [-0.1, -0.05) is 0 Å². The number of nitrogens with one attached hydrogen (secondary N) is 1. The minimum absolute atomic E-state index is 0.340. The van der Waals surface area contributed by atoms with Crippen molar-refractivity contribution in [3.63, 3.8) is 0 Å². The van der Waals surface area contributed by atoms with Crippen LogP contribution in [-0.4, -0.2) is 45.4 Å². The molecule has 18 heavy (non-hydrogen) atoms. The summed E-state index contributed by atoms with van der Waals surface area (Å²) in [5.74, 6) is 0. The van der Waals surface area contributed by atoms with Crippen molar-refractivity contribution in [3.05, 3.63) is 10.6 Å². The molecule has 0 spiro atoms. The molecule has 1 saturated heterocycles. The molecule has 0 aromatic carbocycles. The van der Waals surface area contributed by atoms with Crippen molar-refractivity contribution >= 4 is 16.5 Å². The van der Waals surface area contributed by atoms with Crippen LogP contribution in [0.4, 0.5) is 5.13 Å². The number of aromatic nitrogens is 1. The zero-order valence-electron chi connectivity index (χ0n) is 11.2. The summed E-state index contributed by atoms with van der Waals surface area (Å²) in [4.78, 5) is 8.26. The highest BCUT2D eigenvalue weighted by Crippen LogP contribution is 2.29. The van der Waals surface area contributed by atoms with E-state index in [2.05, 4.69) is 10.2 Å². The summed E-state index contributed by atoms with van der Waals surface area (Å²) in [7, 11) is 5.44. The van der Waals surface area contributed by atoms with Crippen molar-refractivity contribution in [1.29, 1.82) is 0 Å². The standard InChI is InChI=1S/C12H21N3O2S/c1-13-6-11-10(8-16-2)14-12(18-11)15-5-4-9(7-15)17-3/h9,13H,4-8H2,1-3H3. The molecular formula is C12H21N3O2S. The van der Waals surface area contributed by atoms with E-state index >= 15 is 0 Å². The predicted octanol–water partition coefficient (Wildman–Crippen LogP) is 1.23.